The van der Waals surface area contributed by atoms with Crippen LogP contribution < -0.4 is 4.74 Å². The summed E-state index contributed by atoms with van der Waals surface area (Å²) in [5.41, 5.74) is 1.12. The number of carbonyl (C=O) groups excluding carboxylic acids is 2. The first-order chi connectivity index (χ1) is 13.9. The number of esters is 1. The fraction of sp³-hybridized carbons (Fsp3) is 0. The largest absolute Gasteiger partial charge is 0.423 e. The first-order valence-corrected chi connectivity index (χ1v) is 8.85. The van der Waals surface area contributed by atoms with E-state index in [4.69, 9.17) is 16.3 Å². The van der Waals surface area contributed by atoms with Crippen molar-refractivity contribution in [3.63, 3.8) is 0 Å². The number of nitro groups is 1. The summed E-state index contributed by atoms with van der Waals surface area (Å²) in [6, 6.07) is 18.3. The quantitative estimate of drug-likeness (QED) is 0.137. The van der Waals surface area contributed by atoms with Gasteiger partial charge in [0.05, 0.1) is 10.5 Å². The van der Waals surface area contributed by atoms with Gasteiger partial charge in [0.1, 0.15) is 5.75 Å². The van der Waals surface area contributed by atoms with Crippen LogP contribution >= 0.6 is 11.6 Å². The molecular weight excluding hydrogens is 394 g/mol. The third-order valence-corrected chi connectivity index (χ3v) is 4.19. The Labute approximate surface area is 171 Å². The summed E-state index contributed by atoms with van der Waals surface area (Å²) in [6.45, 7) is 0. The van der Waals surface area contributed by atoms with Gasteiger partial charge >= 0.3 is 5.97 Å². The molecule has 0 amide bonds. The van der Waals surface area contributed by atoms with E-state index in [1.54, 1.807) is 30.3 Å². The highest BCUT2D eigenvalue weighted by atomic mass is 35.5. The Morgan fingerprint density at radius 3 is 2.28 bits per heavy atom. The predicted molar refractivity (Wildman–Crippen MR) is 109 cm³/mol. The topological polar surface area (TPSA) is 86.5 Å². The average molecular weight is 408 g/mol. The number of carbonyl (C=O) groups is 2. The molecule has 0 heterocycles. The summed E-state index contributed by atoms with van der Waals surface area (Å²) >= 11 is 5.82. The maximum Gasteiger partial charge on any atom is 0.343 e. The van der Waals surface area contributed by atoms with Crippen LogP contribution in [0.4, 0.5) is 5.69 Å². The van der Waals surface area contributed by atoms with Gasteiger partial charge in [0.15, 0.2) is 5.78 Å². The SMILES string of the molecule is O=C(C=Cc1ccc(Cl)cc1)c1ccc(OC(=O)c2cccc([N+](=O)[O-])c2)cc1. The second-order valence-electron chi connectivity index (χ2n) is 5.97. The van der Waals surface area contributed by atoms with Gasteiger partial charge in [-0.1, -0.05) is 35.9 Å². The smallest absolute Gasteiger partial charge is 0.343 e. The minimum Gasteiger partial charge on any atom is -0.423 e. The second kappa shape index (κ2) is 8.95. The zero-order valence-corrected chi connectivity index (χ0v) is 15.7. The molecule has 0 unspecified atom stereocenters. The number of ketones is 1. The molecule has 7 heteroatoms. The minimum absolute atomic E-state index is 0.0604. The molecule has 0 aliphatic rings. The van der Waals surface area contributed by atoms with Crippen molar-refractivity contribution in [2.45, 2.75) is 0 Å². The second-order valence-corrected chi connectivity index (χ2v) is 6.41. The fourth-order valence-corrected chi connectivity index (χ4v) is 2.57. The van der Waals surface area contributed by atoms with Crippen LogP contribution in [-0.4, -0.2) is 16.7 Å². The highest BCUT2D eigenvalue weighted by molar-refractivity contribution is 6.30. The zero-order chi connectivity index (χ0) is 20.8. The summed E-state index contributed by atoms with van der Waals surface area (Å²) in [6.07, 6.45) is 3.11. The Morgan fingerprint density at radius 2 is 1.62 bits per heavy atom. The van der Waals surface area contributed by atoms with E-state index in [2.05, 4.69) is 0 Å². The molecule has 0 saturated carbocycles. The van der Waals surface area contributed by atoms with Gasteiger partial charge in [-0.15, -0.1) is 0 Å². The van der Waals surface area contributed by atoms with Gasteiger partial charge in [0, 0.05) is 22.7 Å². The molecule has 0 aliphatic heterocycles. The zero-order valence-electron chi connectivity index (χ0n) is 14.9. The number of ether oxygens (including phenoxy) is 1. The molecule has 0 N–H and O–H groups in total. The Hall–Kier alpha value is -3.77. The number of halogens is 1. The van der Waals surface area contributed by atoms with Crippen LogP contribution in [0.15, 0.2) is 78.9 Å². The normalized spacial score (nSPS) is 10.7. The highest BCUT2D eigenvalue weighted by Crippen LogP contribution is 2.18. The van der Waals surface area contributed by atoms with E-state index in [9.17, 15) is 19.7 Å². The number of hydrogen-bond acceptors (Lipinski definition) is 5. The first kappa shape index (κ1) is 20.0. The third-order valence-electron chi connectivity index (χ3n) is 3.94. The molecule has 0 fully saturated rings. The number of benzene rings is 3. The van der Waals surface area contributed by atoms with E-state index in [-0.39, 0.29) is 22.8 Å². The van der Waals surface area contributed by atoms with E-state index in [0.717, 1.165) is 11.6 Å². The van der Waals surface area contributed by atoms with Crippen molar-refractivity contribution in [1.82, 2.24) is 0 Å². The van der Waals surface area contributed by atoms with Crippen molar-refractivity contribution in [3.05, 3.63) is 111 Å². The third kappa shape index (κ3) is 5.37. The Balaban J connectivity index is 1.65. The van der Waals surface area contributed by atoms with Crippen molar-refractivity contribution < 1.29 is 19.2 Å². The Bertz CT molecular complexity index is 1090. The highest BCUT2D eigenvalue weighted by Gasteiger charge is 2.13. The monoisotopic (exact) mass is 407 g/mol. The molecule has 0 spiro atoms. The van der Waals surface area contributed by atoms with Gasteiger partial charge in [-0.3, -0.25) is 14.9 Å². The lowest BCUT2D eigenvalue weighted by atomic mass is 10.1. The summed E-state index contributed by atoms with van der Waals surface area (Å²) in [5, 5.41) is 11.4. The van der Waals surface area contributed by atoms with Crippen molar-refractivity contribution in [2.24, 2.45) is 0 Å². The lowest BCUT2D eigenvalue weighted by Crippen LogP contribution is -2.09. The average Bonchev–Trinajstić information content (AvgIpc) is 2.73. The molecule has 3 aromatic carbocycles. The first-order valence-electron chi connectivity index (χ1n) is 8.47. The molecular formula is C22H14ClNO5. The number of non-ortho nitro benzene ring substituents is 1. The molecule has 29 heavy (non-hydrogen) atoms. The van der Waals surface area contributed by atoms with Crippen LogP contribution in [0, 0.1) is 10.1 Å². The lowest BCUT2D eigenvalue weighted by molar-refractivity contribution is -0.384. The lowest BCUT2D eigenvalue weighted by Gasteiger charge is -2.05. The van der Waals surface area contributed by atoms with E-state index >= 15 is 0 Å². The van der Waals surface area contributed by atoms with E-state index < -0.39 is 10.9 Å². The van der Waals surface area contributed by atoms with Crippen LogP contribution in [-0.2, 0) is 0 Å². The minimum atomic E-state index is -0.726. The molecule has 3 rings (SSSR count). The van der Waals surface area contributed by atoms with Crippen molar-refractivity contribution in [3.8, 4) is 5.75 Å². The van der Waals surface area contributed by atoms with E-state index in [1.807, 2.05) is 0 Å². The van der Waals surface area contributed by atoms with Crippen molar-refractivity contribution >= 4 is 35.1 Å². The molecule has 3 aromatic rings. The summed E-state index contributed by atoms with van der Waals surface area (Å²) in [4.78, 5) is 34.6. The molecule has 6 nitrogen and oxygen atoms in total. The van der Waals surface area contributed by atoms with Gasteiger partial charge in [0.2, 0.25) is 0 Å². The summed E-state index contributed by atoms with van der Waals surface area (Å²) in [5.74, 6) is -0.716. The molecule has 0 bridgehead atoms. The van der Waals surface area contributed by atoms with Gasteiger partial charge in [0.25, 0.3) is 5.69 Å². The van der Waals surface area contributed by atoms with Crippen molar-refractivity contribution in [2.75, 3.05) is 0 Å². The summed E-state index contributed by atoms with van der Waals surface area (Å²) in [7, 11) is 0. The maximum absolute atomic E-state index is 12.3. The van der Waals surface area contributed by atoms with Crippen LogP contribution in [0.2, 0.25) is 5.02 Å². The van der Waals surface area contributed by atoms with Gasteiger partial charge in [-0.2, -0.15) is 0 Å². The van der Waals surface area contributed by atoms with E-state index in [1.165, 1.54) is 48.5 Å². The number of nitro benzene ring substituents is 1. The molecule has 144 valence electrons. The fourth-order valence-electron chi connectivity index (χ4n) is 2.44. The van der Waals surface area contributed by atoms with E-state index in [0.29, 0.717) is 10.6 Å². The molecule has 0 aliphatic carbocycles. The van der Waals surface area contributed by atoms with Gasteiger partial charge in [-0.25, -0.2) is 4.79 Å². The van der Waals surface area contributed by atoms with Crippen LogP contribution in [0.25, 0.3) is 6.08 Å². The molecule has 0 radical (unpaired) electrons. The summed E-state index contributed by atoms with van der Waals surface area (Å²) < 4.78 is 5.21. The Kier molecular flexibility index (Phi) is 6.16. The van der Waals surface area contributed by atoms with Crippen molar-refractivity contribution in [1.29, 1.82) is 0 Å². The van der Waals surface area contributed by atoms with Gasteiger partial charge in [-0.05, 0) is 54.1 Å². The van der Waals surface area contributed by atoms with Crippen LogP contribution in [0.5, 0.6) is 5.75 Å². The molecule has 0 saturated heterocycles. The van der Waals surface area contributed by atoms with Crippen LogP contribution in [0.1, 0.15) is 26.3 Å². The number of allylic oxidation sites excluding steroid dienone is 1. The van der Waals surface area contributed by atoms with Crippen LogP contribution in [0.3, 0.4) is 0 Å². The standard InChI is InChI=1S/C22H14ClNO5/c23-18-9-4-15(5-10-18)6-13-21(25)16-7-11-20(12-8-16)29-22(26)17-2-1-3-19(14-17)24(27)28/h1-14H. The predicted octanol–water partition coefficient (Wildman–Crippen LogP) is 5.36. The number of nitrogens with zero attached hydrogens (tertiary/aromatic N) is 1. The number of rotatable bonds is 6. The van der Waals surface area contributed by atoms with Gasteiger partial charge < -0.3 is 4.74 Å². The number of hydrogen-bond donors (Lipinski definition) is 0. The maximum atomic E-state index is 12.3. The molecule has 0 aromatic heterocycles. The Morgan fingerprint density at radius 1 is 0.931 bits per heavy atom. The molecule has 0 atom stereocenters.